The number of nitrogens with one attached hydrogen (secondary N) is 1. The predicted octanol–water partition coefficient (Wildman–Crippen LogP) is 1.49. The maximum atomic E-state index is 5.96. The highest BCUT2D eigenvalue weighted by Gasteiger charge is 2.05. The monoisotopic (exact) mass is 227 g/mol. The summed E-state index contributed by atoms with van der Waals surface area (Å²) in [4.78, 5) is 0.818. The van der Waals surface area contributed by atoms with E-state index in [0.29, 0.717) is 10.8 Å². The van der Waals surface area contributed by atoms with E-state index in [1.165, 1.54) is 0 Å². The molecule has 0 bridgehead atoms. The number of halogens is 1. The molecular weight excluding hydrogens is 222 g/mol. The Balaban J connectivity index is 2.43. The molecule has 0 atom stereocenters. The second kappa shape index (κ2) is 3.95. The van der Waals surface area contributed by atoms with Crippen molar-refractivity contribution in [1.29, 1.82) is 0 Å². The minimum atomic E-state index is 0.514. The van der Waals surface area contributed by atoms with Gasteiger partial charge in [-0.1, -0.05) is 11.6 Å². The van der Waals surface area contributed by atoms with E-state index >= 15 is 0 Å². The molecule has 0 unspecified atom stereocenters. The highest BCUT2D eigenvalue weighted by Crippen LogP contribution is 2.27. The molecule has 0 aliphatic rings. The zero-order valence-corrected chi connectivity index (χ0v) is 8.51. The Labute approximate surface area is 89.2 Å². The minimum Gasteiger partial charge on any atom is -0.274 e. The number of nitrogens with zero attached hydrogens (tertiary/aromatic N) is 3. The van der Waals surface area contributed by atoms with Gasteiger partial charge >= 0.3 is 0 Å². The number of rotatable bonds is 2. The normalized spacial score (nSPS) is 10.4. The van der Waals surface area contributed by atoms with Gasteiger partial charge in [0.25, 0.3) is 0 Å². The maximum absolute atomic E-state index is 5.96. The van der Waals surface area contributed by atoms with Crippen LogP contribution in [0.2, 0.25) is 5.02 Å². The molecule has 0 saturated carbocycles. The molecule has 5 nitrogen and oxygen atoms in total. The van der Waals surface area contributed by atoms with Crippen molar-refractivity contribution in [2.75, 3.05) is 0 Å². The van der Waals surface area contributed by atoms with Gasteiger partial charge in [-0.3, -0.25) is 5.14 Å². The van der Waals surface area contributed by atoms with E-state index in [4.69, 9.17) is 16.7 Å². The van der Waals surface area contributed by atoms with Crippen molar-refractivity contribution in [2.45, 2.75) is 4.90 Å². The van der Waals surface area contributed by atoms with Crippen LogP contribution in [0.4, 0.5) is 0 Å². The van der Waals surface area contributed by atoms with E-state index in [1.807, 2.05) is 12.1 Å². The van der Waals surface area contributed by atoms with Crippen molar-refractivity contribution in [3.05, 3.63) is 23.2 Å². The standard InChI is InChI=1S/C7H6ClN5S/c8-5-3-4(1-2-6(5)14-9)7-10-12-13-11-7/h1-3H,9H2,(H,10,11,12,13). The van der Waals surface area contributed by atoms with Gasteiger partial charge < -0.3 is 0 Å². The Bertz CT molecular complexity index is 430. The molecule has 0 amide bonds. The fourth-order valence-electron chi connectivity index (χ4n) is 1.02. The molecule has 0 aliphatic carbocycles. The summed E-state index contributed by atoms with van der Waals surface area (Å²) >= 11 is 7.06. The first-order valence-electron chi connectivity index (χ1n) is 3.71. The number of nitrogens with two attached hydrogens (primary N) is 1. The second-order valence-corrected chi connectivity index (χ2v) is 3.58. The van der Waals surface area contributed by atoms with Gasteiger partial charge in [-0.15, -0.1) is 10.2 Å². The molecule has 1 heterocycles. The molecular formula is C7H6ClN5S. The summed E-state index contributed by atoms with van der Waals surface area (Å²) in [6.07, 6.45) is 0. The van der Waals surface area contributed by atoms with Crippen LogP contribution < -0.4 is 5.14 Å². The highest BCUT2D eigenvalue weighted by molar-refractivity contribution is 7.97. The van der Waals surface area contributed by atoms with E-state index in [1.54, 1.807) is 6.07 Å². The van der Waals surface area contributed by atoms with Gasteiger partial charge in [0.2, 0.25) is 5.82 Å². The molecule has 2 aromatic rings. The molecule has 0 radical (unpaired) electrons. The Morgan fingerprint density at radius 2 is 2.29 bits per heavy atom. The van der Waals surface area contributed by atoms with Gasteiger partial charge in [-0.25, -0.2) is 0 Å². The summed E-state index contributed by atoms with van der Waals surface area (Å²) < 4.78 is 0. The molecule has 0 saturated heterocycles. The molecule has 0 fully saturated rings. The average Bonchev–Trinajstić information content (AvgIpc) is 2.70. The first kappa shape index (κ1) is 9.45. The van der Waals surface area contributed by atoms with Crippen LogP contribution in [0.1, 0.15) is 0 Å². The first-order valence-corrected chi connectivity index (χ1v) is 4.97. The van der Waals surface area contributed by atoms with Crippen LogP contribution in [0.25, 0.3) is 11.4 Å². The summed E-state index contributed by atoms with van der Waals surface area (Å²) in [7, 11) is 0. The van der Waals surface area contributed by atoms with E-state index in [9.17, 15) is 0 Å². The lowest BCUT2D eigenvalue weighted by Crippen LogP contribution is -1.85. The number of tetrazole rings is 1. The van der Waals surface area contributed by atoms with Crippen molar-refractivity contribution >= 4 is 23.5 Å². The van der Waals surface area contributed by atoms with Crippen LogP contribution in [0.15, 0.2) is 23.1 Å². The van der Waals surface area contributed by atoms with Gasteiger partial charge in [-0.05, 0) is 35.4 Å². The first-order chi connectivity index (χ1) is 6.81. The van der Waals surface area contributed by atoms with Crippen molar-refractivity contribution in [3.8, 4) is 11.4 Å². The zero-order valence-electron chi connectivity index (χ0n) is 6.94. The van der Waals surface area contributed by atoms with Gasteiger partial charge in [0.05, 0.1) is 5.02 Å². The smallest absolute Gasteiger partial charge is 0.204 e. The molecule has 1 aromatic heterocycles. The van der Waals surface area contributed by atoms with E-state index in [-0.39, 0.29) is 0 Å². The number of hydrogen-bond acceptors (Lipinski definition) is 5. The average molecular weight is 228 g/mol. The summed E-state index contributed by atoms with van der Waals surface area (Å²) in [5.74, 6) is 0.514. The van der Waals surface area contributed by atoms with Crippen LogP contribution >= 0.6 is 23.5 Å². The van der Waals surface area contributed by atoms with Gasteiger partial charge in [0, 0.05) is 10.5 Å². The molecule has 72 valence electrons. The second-order valence-electron chi connectivity index (χ2n) is 2.50. The topological polar surface area (TPSA) is 80.5 Å². The Morgan fingerprint density at radius 1 is 1.43 bits per heavy atom. The van der Waals surface area contributed by atoms with Gasteiger partial charge in [0.1, 0.15) is 0 Å². The van der Waals surface area contributed by atoms with E-state index in [2.05, 4.69) is 20.6 Å². The minimum absolute atomic E-state index is 0.514. The fraction of sp³-hybridized carbons (Fsp3) is 0. The van der Waals surface area contributed by atoms with Crippen molar-refractivity contribution in [2.24, 2.45) is 5.14 Å². The third kappa shape index (κ3) is 1.72. The van der Waals surface area contributed by atoms with Crippen molar-refractivity contribution in [3.63, 3.8) is 0 Å². The van der Waals surface area contributed by atoms with Crippen LogP contribution in [-0.4, -0.2) is 20.6 Å². The van der Waals surface area contributed by atoms with Crippen LogP contribution in [0, 0.1) is 0 Å². The van der Waals surface area contributed by atoms with Crippen LogP contribution in [-0.2, 0) is 0 Å². The summed E-state index contributed by atoms with van der Waals surface area (Å²) in [5.41, 5.74) is 0.807. The van der Waals surface area contributed by atoms with Crippen LogP contribution in [0.5, 0.6) is 0 Å². The molecule has 0 spiro atoms. The zero-order chi connectivity index (χ0) is 9.97. The van der Waals surface area contributed by atoms with Gasteiger partial charge in [-0.2, -0.15) is 5.21 Å². The van der Waals surface area contributed by atoms with E-state index in [0.717, 1.165) is 22.4 Å². The number of aromatic nitrogens is 4. The quantitative estimate of drug-likeness (QED) is 0.760. The molecule has 7 heteroatoms. The molecule has 1 aromatic carbocycles. The molecule has 3 N–H and O–H groups in total. The number of H-pyrrole nitrogens is 1. The van der Waals surface area contributed by atoms with Gasteiger partial charge in [0.15, 0.2) is 0 Å². The lowest BCUT2D eigenvalue weighted by molar-refractivity contribution is 0.881. The van der Waals surface area contributed by atoms with Crippen molar-refractivity contribution in [1.82, 2.24) is 20.6 Å². The van der Waals surface area contributed by atoms with E-state index < -0.39 is 0 Å². The Hall–Kier alpha value is -1.11. The molecule has 14 heavy (non-hydrogen) atoms. The predicted molar refractivity (Wildman–Crippen MR) is 54.7 cm³/mol. The largest absolute Gasteiger partial charge is 0.274 e. The Morgan fingerprint density at radius 3 is 2.86 bits per heavy atom. The number of benzene rings is 1. The number of aromatic amines is 1. The van der Waals surface area contributed by atoms with Crippen molar-refractivity contribution < 1.29 is 0 Å². The summed E-state index contributed by atoms with van der Waals surface area (Å²) in [5, 5.41) is 19.5. The Kier molecular flexibility index (Phi) is 2.67. The fourth-order valence-corrected chi connectivity index (χ4v) is 1.65. The maximum Gasteiger partial charge on any atom is 0.204 e. The number of hydrogen-bond donors (Lipinski definition) is 2. The summed E-state index contributed by atoms with van der Waals surface area (Å²) in [6.45, 7) is 0. The lowest BCUT2D eigenvalue weighted by Gasteiger charge is -2.00. The highest BCUT2D eigenvalue weighted by atomic mass is 35.5. The molecule has 2 rings (SSSR count). The lowest BCUT2D eigenvalue weighted by atomic mass is 10.2. The third-order valence-electron chi connectivity index (χ3n) is 1.66. The molecule has 0 aliphatic heterocycles. The summed E-state index contributed by atoms with van der Waals surface area (Å²) in [6, 6.07) is 5.41. The van der Waals surface area contributed by atoms with Crippen LogP contribution in [0.3, 0.4) is 0 Å². The SMILES string of the molecule is NSc1ccc(-c2nn[nH]n2)cc1Cl. The third-order valence-corrected chi connectivity index (χ3v) is 2.70.